The highest BCUT2D eigenvalue weighted by atomic mass is 79.9. The van der Waals surface area contributed by atoms with Crippen LogP contribution in [0.4, 0.5) is 9.18 Å². The van der Waals surface area contributed by atoms with E-state index in [0.717, 1.165) is 0 Å². The molecule has 0 heterocycles. The van der Waals surface area contributed by atoms with Gasteiger partial charge in [0.25, 0.3) is 0 Å². The van der Waals surface area contributed by atoms with E-state index in [1.807, 2.05) is 0 Å². The first-order valence-electron chi connectivity index (χ1n) is 6.88. The number of halogens is 2. The molecule has 0 radical (unpaired) electrons. The van der Waals surface area contributed by atoms with Crippen molar-refractivity contribution < 1.29 is 24.1 Å². The van der Waals surface area contributed by atoms with Crippen LogP contribution in [0.2, 0.25) is 0 Å². The van der Waals surface area contributed by atoms with Gasteiger partial charge in [0, 0.05) is 11.0 Å². The van der Waals surface area contributed by atoms with E-state index < -0.39 is 29.7 Å². The van der Waals surface area contributed by atoms with Gasteiger partial charge in [0.2, 0.25) is 0 Å². The van der Waals surface area contributed by atoms with Crippen molar-refractivity contribution in [1.82, 2.24) is 5.32 Å². The summed E-state index contributed by atoms with van der Waals surface area (Å²) in [5.41, 5.74) is -0.215. The van der Waals surface area contributed by atoms with Crippen LogP contribution in [0.5, 0.6) is 0 Å². The van der Waals surface area contributed by atoms with Crippen molar-refractivity contribution >= 4 is 22.0 Å². The monoisotopic (exact) mass is 377 g/mol. The van der Waals surface area contributed by atoms with Crippen molar-refractivity contribution in [2.75, 3.05) is 6.54 Å². The number of alkyl carbamates (subject to hydrolysis) is 1. The Labute approximate surface area is 137 Å². The number of aliphatic hydroxyl groups is 2. The fourth-order valence-electron chi connectivity index (χ4n) is 1.74. The fourth-order valence-corrected chi connectivity index (χ4v) is 2.33. The lowest BCUT2D eigenvalue weighted by Crippen LogP contribution is -2.34. The minimum absolute atomic E-state index is 0.129. The summed E-state index contributed by atoms with van der Waals surface area (Å²) in [5, 5.41) is 22.5. The zero-order valence-corrected chi connectivity index (χ0v) is 14.4. The Hall–Kier alpha value is -1.18. The van der Waals surface area contributed by atoms with Crippen LogP contribution >= 0.6 is 15.9 Å². The molecule has 124 valence electrons. The predicted molar refractivity (Wildman–Crippen MR) is 83.9 cm³/mol. The summed E-state index contributed by atoms with van der Waals surface area (Å²) >= 11 is 3.14. The van der Waals surface area contributed by atoms with E-state index in [1.54, 1.807) is 20.8 Å². The lowest BCUT2D eigenvalue weighted by molar-refractivity contribution is 0.0119. The maximum atomic E-state index is 13.0. The van der Waals surface area contributed by atoms with Crippen molar-refractivity contribution in [3.63, 3.8) is 0 Å². The average molecular weight is 378 g/mol. The molecular formula is C15H21BrFNO4. The quantitative estimate of drug-likeness (QED) is 0.736. The van der Waals surface area contributed by atoms with Crippen LogP contribution in [0.15, 0.2) is 22.7 Å². The Morgan fingerprint density at radius 3 is 2.59 bits per heavy atom. The number of hydrogen-bond acceptors (Lipinski definition) is 4. The predicted octanol–water partition coefficient (Wildman–Crippen LogP) is 2.90. The third kappa shape index (κ3) is 6.29. The van der Waals surface area contributed by atoms with Gasteiger partial charge in [-0.05, 0) is 44.9 Å². The summed E-state index contributed by atoms with van der Waals surface area (Å²) < 4.78 is 18.4. The summed E-state index contributed by atoms with van der Waals surface area (Å²) in [4.78, 5) is 11.4. The number of rotatable bonds is 5. The van der Waals surface area contributed by atoms with E-state index in [2.05, 4.69) is 21.2 Å². The SMILES string of the molecule is CC(C)(C)OC(=O)NCCC(O)C(O)c1ccc(F)cc1Br. The summed E-state index contributed by atoms with van der Waals surface area (Å²) in [7, 11) is 0. The summed E-state index contributed by atoms with van der Waals surface area (Å²) in [6.45, 7) is 5.39. The molecule has 1 aromatic rings. The Bertz CT molecular complexity index is 519. The highest BCUT2D eigenvalue weighted by Crippen LogP contribution is 2.27. The number of benzene rings is 1. The van der Waals surface area contributed by atoms with Crippen molar-refractivity contribution in [1.29, 1.82) is 0 Å². The van der Waals surface area contributed by atoms with E-state index in [0.29, 0.717) is 10.0 Å². The van der Waals surface area contributed by atoms with Gasteiger partial charge in [-0.3, -0.25) is 0 Å². The topological polar surface area (TPSA) is 78.8 Å². The molecule has 0 saturated carbocycles. The van der Waals surface area contributed by atoms with E-state index in [-0.39, 0.29) is 13.0 Å². The molecule has 0 saturated heterocycles. The number of carbonyl (C=O) groups is 1. The van der Waals surface area contributed by atoms with Gasteiger partial charge in [0.05, 0.1) is 6.10 Å². The van der Waals surface area contributed by atoms with Crippen LogP contribution in [-0.4, -0.2) is 34.6 Å². The standard InChI is InChI=1S/C15H21BrFNO4/c1-15(2,3)22-14(21)18-7-6-12(19)13(20)10-5-4-9(17)8-11(10)16/h4-5,8,12-13,19-20H,6-7H2,1-3H3,(H,18,21). The molecule has 7 heteroatoms. The third-order valence-corrected chi connectivity index (χ3v) is 3.44. The van der Waals surface area contributed by atoms with Gasteiger partial charge in [-0.25, -0.2) is 9.18 Å². The number of carbonyl (C=O) groups excluding carboxylic acids is 1. The van der Waals surface area contributed by atoms with Gasteiger partial charge in [0.15, 0.2) is 0 Å². The molecule has 3 N–H and O–H groups in total. The molecule has 0 aliphatic carbocycles. The summed E-state index contributed by atoms with van der Waals surface area (Å²) in [6.07, 6.45) is -2.74. The summed E-state index contributed by atoms with van der Waals surface area (Å²) in [6, 6.07) is 3.81. The van der Waals surface area contributed by atoms with Gasteiger partial charge in [-0.1, -0.05) is 22.0 Å². The van der Waals surface area contributed by atoms with Crippen molar-refractivity contribution in [2.24, 2.45) is 0 Å². The largest absolute Gasteiger partial charge is 0.444 e. The first-order valence-corrected chi connectivity index (χ1v) is 7.67. The van der Waals surface area contributed by atoms with E-state index in [9.17, 15) is 19.4 Å². The van der Waals surface area contributed by atoms with Crippen LogP contribution in [0.25, 0.3) is 0 Å². The molecule has 2 unspecified atom stereocenters. The van der Waals surface area contributed by atoms with Crippen molar-refractivity contribution in [3.8, 4) is 0 Å². The smallest absolute Gasteiger partial charge is 0.407 e. The number of hydrogen-bond donors (Lipinski definition) is 3. The lowest BCUT2D eigenvalue weighted by atomic mass is 10.0. The fraction of sp³-hybridized carbons (Fsp3) is 0.533. The first kappa shape index (κ1) is 18.9. The Balaban J connectivity index is 2.48. The maximum Gasteiger partial charge on any atom is 0.407 e. The number of amides is 1. The molecule has 5 nitrogen and oxygen atoms in total. The first-order chi connectivity index (χ1) is 10.1. The van der Waals surface area contributed by atoms with Gasteiger partial charge >= 0.3 is 6.09 Å². The summed E-state index contributed by atoms with van der Waals surface area (Å²) in [5.74, 6) is -0.441. The number of aliphatic hydroxyl groups excluding tert-OH is 2. The lowest BCUT2D eigenvalue weighted by Gasteiger charge is -2.21. The highest BCUT2D eigenvalue weighted by Gasteiger charge is 2.21. The van der Waals surface area contributed by atoms with Crippen LogP contribution in [0, 0.1) is 5.82 Å². The molecule has 0 bridgehead atoms. The normalized spacial score (nSPS) is 14.3. The molecule has 1 aromatic carbocycles. The van der Waals surface area contributed by atoms with Crippen LogP contribution in [0.1, 0.15) is 38.9 Å². The van der Waals surface area contributed by atoms with Crippen LogP contribution in [0.3, 0.4) is 0 Å². The van der Waals surface area contributed by atoms with Gasteiger partial charge < -0.3 is 20.3 Å². The zero-order valence-electron chi connectivity index (χ0n) is 12.8. The maximum absolute atomic E-state index is 13.0. The second kappa shape index (κ2) is 7.89. The van der Waals surface area contributed by atoms with Gasteiger partial charge in [-0.15, -0.1) is 0 Å². The molecule has 0 spiro atoms. The Kier molecular flexibility index (Phi) is 6.77. The molecule has 0 aliphatic heterocycles. The van der Waals surface area contributed by atoms with Crippen LogP contribution < -0.4 is 5.32 Å². The zero-order chi connectivity index (χ0) is 16.9. The molecular weight excluding hydrogens is 357 g/mol. The van der Waals surface area contributed by atoms with Crippen LogP contribution in [-0.2, 0) is 4.74 Å². The Morgan fingerprint density at radius 2 is 2.05 bits per heavy atom. The molecule has 0 aliphatic rings. The van der Waals surface area contributed by atoms with Gasteiger partial charge in [0.1, 0.15) is 17.5 Å². The van der Waals surface area contributed by atoms with Crippen molar-refractivity contribution in [3.05, 3.63) is 34.1 Å². The second-order valence-electron chi connectivity index (χ2n) is 5.90. The third-order valence-electron chi connectivity index (χ3n) is 2.75. The van der Waals surface area contributed by atoms with E-state index in [1.165, 1.54) is 18.2 Å². The Morgan fingerprint density at radius 1 is 1.41 bits per heavy atom. The molecule has 1 rings (SSSR count). The minimum atomic E-state index is -1.18. The number of nitrogens with one attached hydrogen (secondary N) is 1. The average Bonchev–Trinajstić information content (AvgIpc) is 2.35. The minimum Gasteiger partial charge on any atom is -0.444 e. The van der Waals surface area contributed by atoms with Gasteiger partial charge in [-0.2, -0.15) is 0 Å². The number of ether oxygens (including phenoxy) is 1. The highest BCUT2D eigenvalue weighted by molar-refractivity contribution is 9.10. The molecule has 0 fully saturated rings. The molecule has 22 heavy (non-hydrogen) atoms. The second-order valence-corrected chi connectivity index (χ2v) is 6.75. The molecule has 1 amide bonds. The molecule has 0 aromatic heterocycles. The molecule has 2 atom stereocenters. The van der Waals surface area contributed by atoms with Crippen molar-refractivity contribution in [2.45, 2.75) is 45.0 Å². The van der Waals surface area contributed by atoms with E-state index in [4.69, 9.17) is 4.74 Å². The van der Waals surface area contributed by atoms with E-state index >= 15 is 0 Å².